The Balaban J connectivity index is 2.76. The molecule has 1 heterocycles. The second-order valence-corrected chi connectivity index (χ2v) is 4.32. The Kier molecular flexibility index (Phi) is 6.41. The number of nitrogens with zero attached hydrogens (tertiary/aromatic N) is 2. The monoisotopic (exact) mass is 306 g/mol. The van der Waals surface area contributed by atoms with E-state index in [0.29, 0.717) is 17.9 Å². The molecule has 0 aliphatic heterocycles. The number of rotatable bonds is 7. The highest BCUT2D eigenvalue weighted by Crippen LogP contribution is 2.19. The van der Waals surface area contributed by atoms with Gasteiger partial charge in [-0.25, -0.2) is 0 Å². The molecule has 0 aliphatic rings. The summed E-state index contributed by atoms with van der Waals surface area (Å²) in [4.78, 5) is 16.3. The molecule has 1 amide bonds. The molecule has 0 radical (unpaired) electrons. The number of hydrogen-bond donors (Lipinski definition) is 1. The molecule has 0 aliphatic carbocycles. The molecule has 21 heavy (non-hydrogen) atoms. The van der Waals surface area contributed by atoms with Crippen LogP contribution in [0.15, 0.2) is 18.5 Å². The predicted molar refractivity (Wildman–Crippen MR) is 69.0 cm³/mol. The van der Waals surface area contributed by atoms with E-state index in [2.05, 4.69) is 4.98 Å². The number of carbonyl (C=O) groups is 1. The minimum atomic E-state index is -4.49. The smallest absolute Gasteiger partial charge is 0.406 e. The van der Waals surface area contributed by atoms with Crippen molar-refractivity contribution in [2.24, 2.45) is 0 Å². The van der Waals surface area contributed by atoms with Gasteiger partial charge in [0.1, 0.15) is 12.3 Å². The van der Waals surface area contributed by atoms with Crippen molar-refractivity contribution in [2.75, 3.05) is 26.3 Å². The SMILES string of the molecule is CCOCCCN(CC(F)(F)F)C(=O)c1cncc(O)c1. The van der Waals surface area contributed by atoms with Gasteiger partial charge in [0.2, 0.25) is 0 Å². The standard InChI is InChI=1S/C13H17F3N2O3/c1-2-21-5-3-4-18(9-13(14,15)16)12(20)10-6-11(19)8-17-7-10/h6-8,19H,2-5,9H2,1H3. The first-order valence-electron chi connectivity index (χ1n) is 6.41. The summed E-state index contributed by atoms with van der Waals surface area (Å²) in [6.45, 7) is 1.07. The van der Waals surface area contributed by atoms with Crippen LogP contribution in [0, 0.1) is 0 Å². The van der Waals surface area contributed by atoms with Crippen molar-refractivity contribution >= 4 is 5.91 Å². The molecule has 118 valence electrons. The Morgan fingerprint density at radius 2 is 2.14 bits per heavy atom. The zero-order chi connectivity index (χ0) is 15.9. The largest absolute Gasteiger partial charge is 0.506 e. The van der Waals surface area contributed by atoms with Crippen LogP contribution >= 0.6 is 0 Å². The normalized spacial score (nSPS) is 11.4. The van der Waals surface area contributed by atoms with E-state index in [4.69, 9.17) is 4.74 Å². The summed E-state index contributed by atoms with van der Waals surface area (Å²) in [6, 6.07) is 1.08. The number of ether oxygens (including phenoxy) is 1. The van der Waals surface area contributed by atoms with Crippen molar-refractivity contribution in [3.05, 3.63) is 24.0 Å². The molecule has 1 aromatic heterocycles. The van der Waals surface area contributed by atoms with Gasteiger partial charge < -0.3 is 14.7 Å². The third-order valence-corrected chi connectivity index (χ3v) is 2.55. The van der Waals surface area contributed by atoms with Gasteiger partial charge >= 0.3 is 6.18 Å². The third kappa shape index (κ3) is 6.44. The van der Waals surface area contributed by atoms with Gasteiger partial charge in [0.25, 0.3) is 5.91 Å². The van der Waals surface area contributed by atoms with E-state index in [1.807, 2.05) is 0 Å². The Hall–Kier alpha value is -1.83. The van der Waals surface area contributed by atoms with Crippen molar-refractivity contribution in [2.45, 2.75) is 19.5 Å². The summed E-state index contributed by atoms with van der Waals surface area (Å²) < 4.78 is 42.7. The lowest BCUT2D eigenvalue weighted by molar-refractivity contribution is -0.141. The third-order valence-electron chi connectivity index (χ3n) is 2.55. The van der Waals surface area contributed by atoms with Crippen LogP contribution in [-0.2, 0) is 4.74 Å². The maximum absolute atomic E-state index is 12.5. The molecule has 0 spiro atoms. The van der Waals surface area contributed by atoms with E-state index in [0.717, 1.165) is 18.5 Å². The molecule has 8 heteroatoms. The highest BCUT2D eigenvalue weighted by atomic mass is 19.4. The quantitative estimate of drug-likeness (QED) is 0.785. The molecule has 5 nitrogen and oxygen atoms in total. The van der Waals surface area contributed by atoms with Gasteiger partial charge in [-0.3, -0.25) is 9.78 Å². The maximum atomic E-state index is 12.5. The van der Waals surface area contributed by atoms with Crippen LogP contribution in [0.1, 0.15) is 23.7 Å². The van der Waals surface area contributed by atoms with Gasteiger partial charge in [-0.2, -0.15) is 13.2 Å². The van der Waals surface area contributed by atoms with Crippen molar-refractivity contribution < 1.29 is 27.8 Å². The number of aromatic hydroxyl groups is 1. The summed E-state index contributed by atoms with van der Waals surface area (Å²) in [7, 11) is 0. The Bertz CT molecular complexity index is 466. The molecule has 0 unspecified atom stereocenters. The molecule has 0 atom stereocenters. The molecule has 1 rings (SSSR count). The molecular formula is C13H17F3N2O3. The topological polar surface area (TPSA) is 62.7 Å². The first kappa shape index (κ1) is 17.2. The Labute approximate surface area is 120 Å². The highest BCUT2D eigenvalue weighted by molar-refractivity contribution is 5.94. The molecule has 0 saturated carbocycles. The number of aromatic nitrogens is 1. The molecular weight excluding hydrogens is 289 g/mol. The molecule has 0 aromatic carbocycles. The van der Waals surface area contributed by atoms with E-state index in [-0.39, 0.29) is 24.5 Å². The number of halogens is 3. The average molecular weight is 306 g/mol. The van der Waals surface area contributed by atoms with E-state index in [1.54, 1.807) is 6.92 Å². The van der Waals surface area contributed by atoms with Crippen molar-refractivity contribution in [1.82, 2.24) is 9.88 Å². The maximum Gasteiger partial charge on any atom is 0.406 e. The Morgan fingerprint density at radius 3 is 2.71 bits per heavy atom. The van der Waals surface area contributed by atoms with Crippen LogP contribution in [0.25, 0.3) is 0 Å². The number of carbonyl (C=O) groups excluding carboxylic acids is 1. The van der Waals surface area contributed by atoms with Crippen molar-refractivity contribution in [3.8, 4) is 5.75 Å². The molecule has 1 N–H and O–H groups in total. The zero-order valence-electron chi connectivity index (χ0n) is 11.6. The van der Waals surface area contributed by atoms with Gasteiger partial charge in [0.05, 0.1) is 11.8 Å². The van der Waals surface area contributed by atoms with Crippen LogP contribution in [0.3, 0.4) is 0 Å². The minimum Gasteiger partial charge on any atom is -0.506 e. The second kappa shape index (κ2) is 7.82. The predicted octanol–water partition coefficient (Wildman–Crippen LogP) is 2.22. The van der Waals surface area contributed by atoms with Crippen molar-refractivity contribution in [1.29, 1.82) is 0 Å². The van der Waals surface area contributed by atoms with Gasteiger partial charge in [-0.05, 0) is 19.4 Å². The minimum absolute atomic E-state index is 0.0874. The number of alkyl halides is 3. The number of hydrogen-bond acceptors (Lipinski definition) is 4. The van der Waals surface area contributed by atoms with Gasteiger partial charge in [0.15, 0.2) is 0 Å². The lowest BCUT2D eigenvalue weighted by Gasteiger charge is -2.24. The van der Waals surface area contributed by atoms with Gasteiger partial charge in [-0.1, -0.05) is 0 Å². The van der Waals surface area contributed by atoms with Gasteiger partial charge in [0, 0.05) is 26.0 Å². The van der Waals surface area contributed by atoms with E-state index >= 15 is 0 Å². The number of pyridine rings is 1. The molecule has 0 bridgehead atoms. The van der Waals surface area contributed by atoms with E-state index < -0.39 is 18.6 Å². The van der Waals surface area contributed by atoms with Crippen LogP contribution in [0.4, 0.5) is 13.2 Å². The average Bonchev–Trinajstić information content (AvgIpc) is 2.40. The van der Waals surface area contributed by atoms with Crippen LogP contribution in [0.2, 0.25) is 0 Å². The fourth-order valence-corrected chi connectivity index (χ4v) is 1.70. The first-order valence-corrected chi connectivity index (χ1v) is 6.41. The summed E-state index contributed by atoms with van der Waals surface area (Å²) in [5.41, 5.74) is -0.0874. The van der Waals surface area contributed by atoms with Gasteiger partial charge in [-0.15, -0.1) is 0 Å². The Morgan fingerprint density at radius 1 is 1.43 bits per heavy atom. The van der Waals surface area contributed by atoms with E-state index in [9.17, 15) is 23.1 Å². The van der Waals surface area contributed by atoms with Crippen LogP contribution in [-0.4, -0.2) is 53.4 Å². The van der Waals surface area contributed by atoms with Crippen LogP contribution in [0.5, 0.6) is 5.75 Å². The summed E-state index contributed by atoms with van der Waals surface area (Å²) in [5.74, 6) is -1.10. The lowest BCUT2D eigenvalue weighted by Crippen LogP contribution is -2.40. The molecule has 0 saturated heterocycles. The van der Waals surface area contributed by atoms with E-state index in [1.165, 1.54) is 0 Å². The highest BCUT2D eigenvalue weighted by Gasteiger charge is 2.33. The summed E-state index contributed by atoms with van der Waals surface area (Å²) in [6.07, 6.45) is -1.98. The number of amides is 1. The van der Waals surface area contributed by atoms with Crippen molar-refractivity contribution in [3.63, 3.8) is 0 Å². The lowest BCUT2D eigenvalue weighted by atomic mass is 10.2. The second-order valence-electron chi connectivity index (χ2n) is 4.32. The first-order chi connectivity index (χ1) is 9.83. The zero-order valence-corrected chi connectivity index (χ0v) is 11.6. The summed E-state index contributed by atoms with van der Waals surface area (Å²) >= 11 is 0. The fraction of sp³-hybridized carbons (Fsp3) is 0.538. The molecule has 1 aromatic rings. The summed E-state index contributed by atoms with van der Waals surface area (Å²) in [5, 5.41) is 9.25. The molecule has 0 fully saturated rings. The fourth-order valence-electron chi connectivity index (χ4n) is 1.70. The van der Waals surface area contributed by atoms with Crippen LogP contribution < -0.4 is 0 Å².